The van der Waals surface area contributed by atoms with Crippen molar-refractivity contribution < 1.29 is 14.3 Å². The Morgan fingerprint density at radius 1 is 1.11 bits per heavy atom. The van der Waals surface area contributed by atoms with Crippen molar-refractivity contribution in [1.29, 1.82) is 0 Å². The van der Waals surface area contributed by atoms with Gasteiger partial charge in [0.15, 0.2) is 12.4 Å². The van der Waals surface area contributed by atoms with Crippen LogP contribution in [0.1, 0.15) is 28.7 Å². The van der Waals surface area contributed by atoms with Crippen molar-refractivity contribution in [3.8, 4) is 5.75 Å². The van der Waals surface area contributed by atoms with Crippen LogP contribution in [0.4, 0.5) is 5.69 Å². The number of carbonyl (C=O) groups excluding carboxylic acids is 2. The van der Waals surface area contributed by atoms with E-state index in [-0.39, 0.29) is 18.3 Å². The highest BCUT2D eigenvalue weighted by molar-refractivity contribution is 6.07. The normalized spacial score (nSPS) is 10.4. The number of nitrogens with one attached hydrogen (secondary N) is 1. The second kappa shape index (κ2) is 8.31. The molecule has 1 amide bonds. The van der Waals surface area contributed by atoms with E-state index in [9.17, 15) is 9.59 Å². The fraction of sp³-hybridized carbons (Fsp3) is 0.190. The van der Waals surface area contributed by atoms with E-state index >= 15 is 0 Å². The van der Waals surface area contributed by atoms with Crippen LogP contribution in [0.2, 0.25) is 0 Å². The number of aromatic nitrogens is 2. The second-order valence-corrected chi connectivity index (χ2v) is 6.07. The molecule has 1 aromatic heterocycles. The third kappa shape index (κ3) is 4.41. The minimum Gasteiger partial charge on any atom is -0.483 e. The third-order valence-corrected chi connectivity index (χ3v) is 4.17. The topological polar surface area (TPSA) is 73.2 Å². The van der Waals surface area contributed by atoms with Gasteiger partial charge in [-0.1, -0.05) is 25.1 Å². The number of anilines is 1. The average molecular weight is 363 g/mol. The summed E-state index contributed by atoms with van der Waals surface area (Å²) >= 11 is 0. The Hall–Kier alpha value is -3.41. The maximum Gasteiger partial charge on any atom is 0.262 e. The molecule has 0 aliphatic rings. The summed E-state index contributed by atoms with van der Waals surface area (Å²) in [4.78, 5) is 28.6. The van der Waals surface area contributed by atoms with E-state index in [0.29, 0.717) is 22.8 Å². The molecule has 3 rings (SSSR count). The molecule has 0 saturated carbocycles. The van der Waals surface area contributed by atoms with Crippen molar-refractivity contribution in [2.24, 2.45) is 7.05 Å². The molecule has 6 nitrogen and oxygen atoms in total. The van der Waals surface area contributed by atoms with Crippen molar-refractivity contribution in [1.82, 2.24) is 9.55 Å². The minimum absolute atomic E-state index is 0.0784. The number of nitrogens with zero attached hydrogens (tertiary/aromatic N) is 2. The molecule has 0 spiro atoms. The van der Waals surface area contributed by atoms with Gasteiger partial charge in [0.1, 0.15) is 5.75 Å². The number of imidazole rings is 1. The van der Waals surface area contributed by atoms with Gasteiger partial charge in [0, 0.05) is 30.7 Å². The predicted octanol–water partition coefficient (Wildman–Crippen LogP) is 3.23. The predicted molar refractivity (Wildman–Crippen MR) is 103 cm³/mol. The second-order valence-electron chi connectivity index (χ2n) is 6.07. The van der Waals surface area contributed by atoms with Crippen molar-refractivity contribution in [2.45, 2.75) is 13.3 Å². The van der Waals surface area contributed by atoms with E-state index < -0.39 is 0 Å². The lowest BCUT2D eigenvalue weighted by atomic mass is 10.1. The largest absolute Gasteiger partial charge is 0.483 e. The number of amides is 1. The number of rotatable bonds is 7. The van der Waals surface area contributed by atoms with Crippen LogP contribution < -0.4 is 10.1 Å². The zero-order valence-electron chi connectivity index (χ0n) is 15.3. The average Bonchev–Trinajstić information content (AvgIpc) is 3.12. The molecule has 0 bridgehead atoms. The Balaban J connectivity index is 1.59. The number of benzene rings is 2. The van der Waals surface area contributed by atoms with Crippen molar-refractivity contribution in [3.05, 3.63) is 77.9 Å². The van der Waals surface area contributed by atoms with Gasteiger partial charge in [0.25, 0.3) is 5.91 Å². The lowest BCUT2D eigenvalue weighted by Crippen LogP contribution is -2.20. The molecular formula is C21H21N3O3. The lowest BCUT2D eigenvalue weighted by molar-refractivity contribution is -0.118. The van der Waals surface area contributed by atoms with Crippen LogP contribution in [0.3, 0.4) is 0 Å². The quantitative estimate of drug-likeness (QED) is 0.654. The Morgan fingerprint density at radius 3 is 2.52 bits per heavy atom. The van der Waals surface area contributed by atoms with Gasteiger partial charge in [0.05, 0.1) is 0 Å². The van der Waals surface area contributed by atoms with E-state index in [1.807, 2.05) is 31.2 Å². The summed E-state index contributed by atoms with van der Waals surface area (Å²) in [6.07, 6.45) is 4.14. The van der Waals surface area contributed by atoms with Crippen LogP contribution >= 0.6 is 0 Å². The first-order valence-electron chi connectivity index (χ1n) is 8.71. The number of carbonyl (C=O) groups is 2. The molecule has 27 heavy (non-hydrogen) atoms. The Labute approximate surface area is 157 Å². The first-order chi connectivity index (χ1) is 13.1. The number of ketones is 1. The number of para-hydroxylation sites is 1. The SMILES string of the molecule is CCc1ccccc1OCC(=O)Nc1ccc(C(=O)c2nccn2C)cc1. The minimum atomic E-state index is -0.260. The summed E-state index contributed by atoms with van der Waals surface area (Å²) in [6, 6.07) is 14.4. The van der Waals surface area contributed by atoms with Gasteiger partial charge in [-0.25, -0.2) is 4.98 Å². The molecule has 0 unspecified atom stereocenters. The molecule has 6 heteroatoms. The number of hydrogen-bond acceptors (Lipinski definition) is 4. The van der Waals surface area contributed by atoms with Crippen LogP contribution in [0.25, 0.3) is 0 Å². The van der Waals surface area contributed by atoms with Crippen molar-refractivity contribution >= 4 is 17.4 Å². The summed E-state index contributed by atoms with van der Waals surface area (Å²) in [6.45, 7) is 1.96. The Bertz CT molecular complexity index is 945. The molecule has 2 aromatic carbocycles. The van der Waals surface area contributed by atoms with Gasteiger partial charge >= 0.3 is 0 Å². The van der Waals surface area contributed by atoms with Crippen LogP contribution in [0.15, 0.2) is 60.9 Å². The molecule has 138 valence electrons. The fourth-order valence-electron chi connectivity index (χ4n) is 2.70. The molecule has 0 fully saturated rings. The van der Waals surface area contributed by atoms with Crippen LogP contribution in [-0.2, 0) is 18.3 Å². The highest BCUT2D eigenvalue weighted by Crippen LogP contribution is 2.18. The van der Waals surface area contributed by atoms with E-state index in [1.165, 1.54) is 0 Å². The first kappa shape index (κ1) is 18.4. The van der Waals surface area contributed by atoms with Crippen LogP contribution in [0, 0.1) is 0 Å². The first-order valence-corrected chi connectivity index (χ1v) is 8.71. The molecular weight excluding hydrogens is 342 g/mol. The zero-order chi connectivity index (χ0) is 19.2. The Morgan fingerprint density at radius 2 is 1.85 bits per heavy atom. The monoisotopic (exact) mass is 363 g/mol. The van der Waals surface area contributed by atoms with Crippen LogP contribution in [0.5, 0.6) is 5.75 Å². The Kier molecular flexibility index (Phi) is 5.66. The van der Waals surface area contributed by atoms with Crippen molar-refractivity contribution in [2.75, 3.05) is 11.9 Å². The van der Waals surface area contributed by atoms with Crippen LogP contribution in [-0.4, -0.2) is 27.8 Å². The highest BCUT2D eigenvalue weighted by Gasteiger charge is 2.14. The van der Waals surface area contributed by atoms with E-state index in [0.717, 1.165) is 12.0 Å². The van der Waals surface area contributed by atoms with Gasteiger partial charge in [-0.15, -0.1) is 0 Å². The zero-order valence-corrected chi connectivity index (χ0v) is 15.3. The molecule has 1 N–H and O–H groups in total. The summed E-state index contributed by atoms with van der Waals surface area (Å²) in [5, 5.41) is 2.77. The standard InChI is InChI=1S/C21H21N3O3/c1-3-15-6-4-5-7-18(15)27-14-19(25)23-17-10-8-16(9-11-17)20(26)21-22-12-13-24(21)2/h4-13H,3,14H2,1-2H3,(H,23,25). The maximum atomic E-state index is 12.4. The molecule has 0 aliphatic carbocycles. The number of ether oxygens (including phenoxy) is 1. The molecule has 0 radical (unpaired) electrons. The van der Waals surface area contributed by atoms with Crippen molar-refractivity contribution in [3.63, 3.8) is 0 Å². The number of aryl methyl sites for hydroxylation is 2. The summed E-state index contributed by atoms with van der Waals surface area (Å²) in [7, 11) is 1.77. The lowest BCUT2D eigenvalue weighted by Gasteiger charge is -2.10. The van der Waals surface area contributed by atoms with E-state index in [2.05, 4.69) is 10.3 Å². The molecule has 1 heterocycles. The fourth-order valence-corrected chi connectivity index (χ4v) is 2.70. The number of hydrogen-bond donors (Lipinski definition) is 1. The smallest absolute Gasteiger partial charge is 0.262 e. The molecule has 3 aromatic rings. The maximum absolute atomic E-state index is 12.4. The van der Waals surface area contributed by atoms with Gasteiger partial charge < -0.3 is 14.6 Å². The van der Waals surface area contributed by atoms with Gasteiger partial charge in [-0.2, -0.15) is 0 Å². The highest BCUT2D eigenvalue weighted by atomic mass is 16.5. The molecule has 0 atom stereocenters. The molecule has 0 aliphatic heterocycles. The van der Waals surface area contributed by atoms with E-state index in [4.69, 9.17) is 4.74 Å². The van der Waals surface area contributed by atoms with Gasteiger partial charge in [0.2, 0.25) is 5.78 Å². The van der Waals surface area contributed by atoms with Gasteiger partial charge in [-0.3, -0.25) is 9.59 Å². The molecule has 0 saturated heterocycles. The summed E-state index contributed by atoms with van der Waals surface area (Å²) < 4.78 is 7.28. The van der Waals surface area contributed by atoms with Gasteiger partial charge in [-0.05, 0) is 42.3 Å². The summed E-state index contributed by atoms with van der Waals surface area (Å²) in [5.41, 5.74) is 2.17. The third-order valence-electron chi connectivity index (χ3n) is 4.17. The summed E-state index contributed by atoms with van der Waals surface area (Å²) in [5.74, 6) is 0.657. The van der Waals surface area contributed by atoms with E-state index in [1.54, 1.807) is 48.3 Å².